The van der Waals surface area contributed by atoms with Crippen LogP contribution in [0.5, 0.6) is 0 Å². The van der Waals surface area contributed by atoms with Gasteiger partial charge in [-0.2, -0.15) is 0 Å². The van der Waals surface area contributed by atoms with Gasteiger partial charge in [0.1, 0.15) is 11.6 Å². The number of anilines is 2. The number of nitrogens with zero attached hydrogens (tertiary/aromatic N) is 2. The average Bonchev–Trinajstić information content (AvgIpc) is 3.03. The second-order valence-electron chi connectivity index (χ2n) is 11.3. The molecule has 0 radical (unpaired) electrons. The molecule has 1 fully saturated rings. The van der Waals surface area contributed by atoms with E-state index in [0.717, 1.165) is 10.5 Å². The van der Waals surface area contributed by atoms with Crippen LogP contribution in [0.4, 0.5) is 21.0 Å². The third-order valence-corrected chi connectivity index (χ3v) is 7.02. The summed E-state index contributed by atoms with van der Waals surface area (Å²) in [6.45, 7) is 10.4. The summed E-state index contributed by atoms with van der Waals surface area (Å²) in [4.78, 5) is 66.9. The number of benzene rings is 2. The van der Waals surface area contributed by atoms with Crippen LogP contribution in [0.2, 0.25) is 0 Å². The number of carboxylic acid groups (broad SMARTS) is 1. The van der Waals surface area contributed by atoms with Crippen molar-refractivity contribution in [2.24, 2.45) is 5.92 Å². The van der Waals surface area contributed by atoms with Gasteiger partial charge in [-0.3, -0.25) is 14.4 Å². The van der Waals surface area contributed by atoms with Crippen molar-refractivity contribution in [2.75, 3.05) is 10.6 Å². The number of hydrogen-bond acceptors (Lipinski definition) is 5. The van der Waals surface area contributed by atoms with E-state index in [4.69, 9.17) is 5.11 Å². The van der Waals surface area contributed by atoms with E-state index < -0.39 is 47.5 Å². The van der Waals surface area contributed by atoms with Crippen LogP contribution in [0.3, 0.4) is 0 Å². The van der Waals surface area contributed by atoms with E-state index in [0.29, 0.717) is 16.9 Å². The van der Waals surface area contributed by atoms with Crippen LogP contribution in [-0.2, 0) is 20.9 Å². The van der Waals surface area contributed by atoms with Crippen molar-refractivity contribution in [3.63, 3.8) is 0 Å². The summed E-state index contributed by atoms with van der Waals surface area (Å²) in [6.07, 6.45) is -0.0783. The number of para-hydroxylation sites is 2. The van der Waals surface area contributed by atoms with Crippen molar-refractivity contribution in [1.29, 1.82) is 0 Å². The van der Waals surface area contributed by atoms with Crippen molar-refractivity contribution < 1.29 is 29.1 Å². The minimum atomic E-state index is -1.28. The highest BCUT2D eigenvalue weighted by Gasteiger charge is 2.54. The van der Waals surface area contributed by atoms with Gasteiger partial charge < -0.3 is 26.0 Å². The molecule has 0 bridgehead atoms. The van der Waals surface area contributed by atoms with E-state index in [2.05, 4.69) is 16.0 Å². The highest BCUT2D eigenvalue weighted by Crippen LogP contribution is 2.34. The first-order valence-corrected chi connectivity index (χ1v) is 13.6. The van der Waals surface area contributed by atoms with E-state index in [-0.39, 0.29) is 25.3 Å². The van der Waals surface area contributed by atoms with E-state index in [9.17, 15) is 24.0 Å². The molecule has 2 aromatic rings. The van der Waals surface area contributed by atoms with E-state index in [1.165, 1.54) is 4.90 Å². The van der Waals surface area contributed by atoms with Gasteiger partial charge in [-0.15, -0.1) is 0 Å². The predicted molar refractivity (Wildman–Crippen MR) is 155 cm³/mol. The Kier molecular flexibility index (Phi) is 9.75. The Hall–Kier alpha value is -4.41. The van der Waals surface area contributed by atoms with Gasteiger partial charge in [-0.25, -0.2) is 14.5 Å². The molecule has 220 valence electrons. The van der Waals surface area contributed by atoms with E-state index in [1.807, 2.05) is 39.0 Å². The highest BCUT2D eigenvalue weighted by molar-refractivity contribution is 6.09. The number of amides is 6. The zero-order valence-corrected chi connectivity index (χ0v) is 24.4. The molecule has 4 N–H and O–H groups in total. The topological polar surface area (TPSA) is 148 Å². The van der Waals surface area contributed by atoms with Gasteiger partial charge in [0.25, 0.3) is 5.91 Å². The lowest BCUT2D eigenvalue weighted by Gasteiger charge is -2.28. The second-order valence-corrected chi connectivity index (χ2v) is 11.3. The Bertz CT molecular complexity index is 1320. The van der Waals surface area contributed by atoms with E-state index >= 15 is 0 Å². The molecular formula is C30H39N5O6. The number of carbonyl (C=O) groups excluding carboxylic acids is 4. The van der Waals surface area contributed by atoms with Gasteiger partial charge in [0.2, 0.25) is 5.91 Å². The summed E-state index contributed by atoms with van der Waals surface area (Å²) in [7, 11) is 0. The SMILES string of the molecule is Cc1ccccc1NC(=O)Nc1ccccc1CN1C(=O)N([C@@H](CC(C)C)C(=O)N[C@H](C)CC(=O)O)C(=O)C1(C)C. The van der Waals surface area contributed by atoms with Crippen LogP contribution in [0, 0.1) is 12.8 Å². The van der Waals surface area contributed by atoms with Gasteiger partial charge >= 0.3 is 18.0 Å². The highest BCUT2D eigenvalue weighted by atomic mass is 16.4. The summed E-state index contributed by atoms with van der Waals surface area (Å²) in [5.74, 6) is -2.22. The number of rotatable bonds is 11. The number of carbonyl (C=O) groups is 5. The van der Waals surface area contributed by atoms with Crippen molar-refractivity contribution in [3.05, 3.63) is 59.7 Å². The standard InChI is InChI=1S/C30H39N5O6/c1-18(2)15-24(26(38)31-20(4)16-25(36)37)35-27(39)30(5,6)34(29(35)41)17-21-12-8-10-14-23(21)33-28(40)32-22-13-9-7-11-19(22)3/h7-14,18,20,24H,15-17H2,1-6H3,(H,31,38)(H,36,37)(H2,32,33,40)/t20-,24+/m1/s1. The number of aryl methyl sites for hydroxylation is 1. The lowest BCUT2D eigenvalue weighted by Crippen LogP contribution is -2.53. The Balaban J connectivity index is 1.84. The molecule has 2 aromatic carbocycles. The first-order chi connectivity index (χ1) is 19.2. The first-order valence-electron chi connectivity index (χ1n) is 13.6. The fraction of sp³-hybridized carbons (Fsp3) is 0.433. The number of urea groups is 2. The normalized spacial score (nSPS) is 16.0. The molecule has 11 heteroatoms. The van der Waals surface area contributed by atoms with Crippen LogP contribution in [0.1, 0.15) is 58.6 Å². The smallest absolute Gasteiger partial charge is 0.328 e. The Morgan fingerprint density at radius 1 is 0.927 bits per heavy atom. The fourth-order valence-corrected chi connectivity index (χ4v) is 4.77. The fourth-order valence-electron chi connectivity index (χ4n) is 4.77. The zero-order chi connectivity index (χ0) is 30.5. The molecule has 1 aliphatic rings. The van der Waals surface area contributed by atoms with Crippen LogP contribution in [-0.4, -0.2) is 62.4 Å². The Morgan fingerprint density at radius 3 is 2.12 bits per heavy atom. The number of imide groups is 1. The molecule has 6 amide bonds. The van der Waals surface area contributed by atoms with Crippen molar-refractivity contribution in [2.45, 2.75) is 78.6 Å². The molecule has 0 unspecified atom stereocenters. The van der Waals surface area contributed by atoms with Crippen LogP contribution < -0.4 is 16.0 Å². The molecular weight excluding hydrogens is 526 g/mol. The van der Waals surface area contributed by atoms with Crippen molar-refractivity contribution in [1.82, 2.24) is 15.1 Å². The number of carboxylic acids is 1. The number of aliphatic carboxylic acids is 1. The summed E-state index contributed by atoms with van der Waals surface area (Å²) in [5.41, 5.74) is 1.34. The van der Waals surface area contributed by atoms with Gasteiger partial charge in [-0.05, 0) is 63.3 Å². The largest absolute Gasteiger partial charge is 0.481 e. The maximum Gasteiger partial charge on any atom is 0.328 e. The molecule has 1 saturated heterocycles. The van der Waals surface area contributed by atoms with Crippen molar-refractivity contribution >= 4 is 41.2 Å². The summed E-state index contributed by atoms with van der Waals surface area (Å²) < 4.78 is 0. The average molecular weight is 566 g/mol. The minimum absolute atomic E-state index is 0.000323. The maximum absolute atomic E-state index is 13.8. The van der Waals surface area contributed by atoms with Gasteiger partial charge in [0.05, 0.1) is 13.0 Å². The molecule has 2 atom stereocenters. The van der Waals surface area contributed by atoms with E-state index in [1.54, 1.807) is 51.1 Å². The van der Waals surface area contributed by atoms with Crippen molar-refractivity contribution in [3.8, 4) is 0 Å². The summed E-state index contributed by atoms with van der Waals surface area (Å²) >= 11 is 0. The summed E-state index contributed by atoms with van der Waals surface area (Å²) in [6, 6.07) is 11.5. The quantitative estimate of drug-likeness (QED) is 0.293. The molecule has 0 saturated carbocycles. The first kappa shape index (κ1) is 31.1. The van der Waals surface area contributed by atoms with Gasteiger partial charge in [0, 0.05) is 17.4 Å². The van der Waals surface area contributed by atoms with Gasteiger partial charge in [0.15, 0.2) is 0 Å². The number of hydrogen-bond donors (Lipinski definition) is 4. The molecule has 0 aliphatic carbocycles. The lowest BCUT2D eigenvalue weighted by atomic mass is 9.99. The van der Waals surface area contributed by atoms with Crippen LogP contribution >= 0.6 is 0 Å². The monoisotopic (exact) mass is 565 g/mol. The van der Waals surface area contributed by atoms with Crippen LogP contribution in [0.15, 0.2) is 48.5 Å². The zero-order valence-electron chi connectivity index (χ0n) is 24.4. The second kappa shape index (κ2) is 12.8. The Labute approximate surface area is 240 Å². The minimum Gasteiger partial charge on any atom is -0.481 e. The molecule has 11 nitrogen and oxygen atoms in total. The molecule has 0 aromatic heterocycles. The predicted octanol–water partition coefficient (Wildman–Crippen LogP) is 4.58. The molecule has 0 spiro atoms. The third kappa shape index (κ3) is 7.41. The molecule has 1 aliphatic heterocycles. The Morgan fingerprint density at radius 2 is 1.51 bits per heavy atom. The third-order valence-electron chi connectivity index (χ3n) is 7.02. The number of nitrogens with one attached hydrogen (secondary N) is 3. The molecule has 3 rings (SSSR count). The lowest BCUT2D eigenvalue weighted by molar-refractivity contribution is -0.140. The van der Waals surface area contributed by atoms with Gasteiger partial charge in [-0.1, -0.05) is 50.2 Å². The molecule has 1 heterocycles. The maximum atomic E-state index is 13.8. The molecule has 41 heavy (non-hydrogen) atoms. The van der Waals surface area contributed by atoms with Crippen LogP contribution in [0.25, 0.3) is 0 Å². The summed E-state index contributed by atoms with van der Waals surface area (Å²) in [5, 5.41) is 17.4.